The van der Waals surface area contributed by atoms with Crippen LogP contribution in [0, 0.1) is 0 Å². The normalized spacial score (nSPS) is 11.7. The molecule has 24 heavy (non-hydrogen) atoms. The fraction of sp³-hybridized carbons (Fsp3) is 0.611. The maximum absolute atomic E-state index is 5.92. The van der Waals surface area contributed by atoms with Crippen LogP contribution >= 0.6 is 24.0 Å². The van der Waals surface area contributed by atoms with Crippen LogP contribution in [0.4, 0.5) is 0 Å². The van der Waals surface area contributed by atoms with Crippen molar-refractivity contribution >= 4 is 29.9 Å². The van der Waals surface area contributed by atoms with E-state index in [2.05, 4.69) is 60.4 Å². The van der Waals surface area contributed by atoms with Crippen molar-refractivity contribution < 1.29 is 4.74 Å². The number of guanidine groups is 1. The van der Waals surface area contributed by atoms with Crippen LogP contribution in [-0.2, 0) is 17.8 Å². The van der Waals surface area contributed by atoms with E-state index in [9.17, 15) is 0 Å². The summed E-state index contributed by atoms with van der Waals surface area (Å²) < 4.78 is 5.29. The van der Waals surface area contributed by atoms with Gasteiger partial charge in [-0.2, -0.15) is 0 Å². The second kappa shape index (κ2) is 13.4. The molecule has 1 aromatic carbocycles. The molecule has 0 aliphatic carbocycles. The van der Waals surface area contributed by atoms with Gasteiger partial charge in [-0.3, -0.25) is 4.90 Å². The summed E-state index contributed by atoms with van der Waals surface area (Å²) in [5.74, 6) is 0.494. The first kappa shape index (κ1) is 23.1. The molecule has 0 aliphatic rings. The lowest BCUT2D eigenvalue weighted by molar-refractivity contribution is 0.145. The fourth-order valence-corrected chi connectivity index (χ4v) is 2.08. The number of hydrogen-bond donors (Lipinski definition) is 2. The van der Waals surface area contributed by atoms with Gasteiger partial charge in [0.2, 0.25) is 0 Å². The molecule has 0 amide bonds. The minimum atomic E-state index is 0. The third-order valence-electron chi connectivity index (χ3n) is 3.82. The van der Waals surface area contributed by atoms with Gasteiger partial charge in [0.15, 0.2) is 5.96 Å². The first-order chi connectivity index (χ1) is 11.0. The van der Waals surface area contributed by atoms with E-state index in [4.69, 9.17) is 10.5 Å². The minimum absolute atomic E-state index is 0. The Hall–Kier alpha value is -0.860. The van der Waals surface area contributed by atoms with Gasteiger partial charge in [0, 0.05) is 32.3 Å². The lowest BCUT2D eigenvalue weighted by atomic mass is 10.1. The maximum Gasteiger partial charge on any atom is 0.188 e. The molecule has 0 aliphatic heterocycles. The molecular formula is C18H33IN4O. The largest absolute Gasteiger partial charge is 0.382 e. The highest BCUT2D eigenvalue weighted by atomic mass is 127. The lowest BCUT2D eigenvalue weighted by Crippen LogP contribution is -2.33. The molecule has 0 unspecified atom stereocenters. The van der Waals surface area contributed by atoms with Crippen LogP contribution in [0.15, 0.2) is 29.3 Å². The number of hydrogen-bond acceptors (Lipinski definition) is 3. The summed E-state index contributed by atoms with van der Waals surface area (Å²) >= 11 is 0. The predicted octanol–water partition coefficient (Wildman–Crippen LogP) is 2.98. The number of rotatable bonds is 10. The van der Waals surface area contributed by atoms with E-state index < -0.39 is 0 Å². The van der Waals surface area contributed by atoms with Crippen molar-refractivity contribution in [3.8, 4) is 0 Å². The Bertz CT molecular complexity index is 480. The topological polar surface area (TPSA) is 62.9 Å². The molecule has 1 rings (SSSR count). The number of aliphatic imine (C=N–C) groups is 1. The SMILES string of the molecule is CCOCCCNC(N)=NCc1ccccc1CN(C)C(C)C.I. The molecule has 0 radical (unpaired) electrons. The number of nitrogens with one attached hydrogen (secondary N) is 1. The quantitative estimate of drug-likeness (QED) is 0.250. The summed E-state index contributed by atoms with van der Waals surface area (Å²) in [6.45, 7) is 10.2. The van der Waals surface area contributed by atoms with E-state index in [0.717, 1.165) is 32.7 Å². The summed E-state index contributed by atoms with van der Waals surface area (Å²) in [6.07, 6.45) is 0.930. The van der Waals surface area contributed by atoms with Gasteiger partial charge < -0.3 is 15.8 Å². The number of benzene rings is 1. The molecule has 0 bridgehead atoms. The van der Waals surface area contributed by atoms with E-state index in [1.165, 1.54) is 11.1 Å². The minimum Gasteiger partial charge on any atom is -0.382 e. The highest BCUT2D eigenvalue weighted by molar-refractivity contribution is 14.0. The zero-order chi connectivity index (χ0) is 17.1. The Labute approximate surface area is 164 Å². The Morgan fingerprint density at radius 3 is 2.58 bits per heavy atom. The van der Waals surface area contributed by atoms with Crippen molar-refractivity contribution in [2.24, 2.45) is 10.7 Å². The van der Waals surface area contributed by atoms with Gasteiger partial charge in [0.1, 0.15) is 0 Å². The molecule has 0 fully saturated rings. The van der Waals surface area contributed by atoms with Crippen LogP contribution in [0.5, 0.6) is 0 Å². The van der Waals surface area contributed by atoms with Crippen molar-refractivity contribution in [2.45, 2.75) is 46.3 Å². The highest BCUT2D eigenvalue weighted by Crippen LogP contribution is 2.13. The molecule has 138 valence electrons. The standard InChI is InChI=1S/C18H32N4O.HI/c1-5-23-12-8-11-20-18(19)21-13-16-9-6-7-10-17(16)14-22(4)15(2)3;/h6-7,9-10,15H,5,8,11-14H2,1-4H3,(H3,19,20,21);1H. The summed E-state index contributed by atoms with van der Waals surface area (Å²) in [5, 5.41) is 3.13. The van der Waals surface area contributed by atoms with E-state index in [1.54, 1.807) is 0 Å². The van der Waals surface area contributed by atoms with Crippen LogP contribution < -0.4 is 11.1 Å². The van der Waals surface area contributed by atoms with Crippen LogP contribution in [0.25, 0.3) is 0 Å². The average Bonchev–Trinajstić information content (AvgIpc) is 2.53. The molecule has 6 heteroatoms. The summed E-state index contributed by atoms with van der Waals surface area (Å²) in [7, 11) is 2.14. The van der Waals surface area contributed by atoms with Crippen LogP contribution in [0.2, 0.25) is 0 Å². The molecule has 1 aromatic rings. The first-order valence-electron chi connectivity index (χ1n) is 8.43. The van der Waals surface area contributed by atoms with Crippen molar-refractivity contribution in [1.29, 1.82) is 0 Å². The van der Waals surface area contributed by atoms with Gasteiger partial charge in [-0.05, 0) is 45.4 Å². The lowest BCUT2D eigenvalue weighted by Gasteiger charge is -2.22. The first-order valence-corrected chi connectivity index (χ1v) is 8.43. The molecule has 3 N–H and O–H groups in total. The van der Waals surface area contributed by atoms with Crippen LogP contribution in [-0.4, -0.2) is 43.7 Å². The zero-order valence-electron chi connectivity index (χ0n) is 15.4. The van der Waals surface area contributed by atoms with Crippen LogP contribution in [0.1, 0.15) is 38.3 Å². The van der Waals surface area contributed by atoms with Gasteiger partial charge in [0.05, 0.1) is 6.54 Å². The molecule has 5 nitrogen and oxygen atoms in total. The Balaban J connectivity index is 0.00000529. The summed E-state index contributed by atoms with van der Waals surface area (Å²) in [4.78, 5) is 6.77. The van der Waals surface area contributed by atoms with Gasteiger partial charge >= 0.3 is 0 Å². The monoisotopic (exact) mass is 448 g/mol. The van der Waals surface area contributed by atoms with Gasteiger partial charge in [-0.25, -0.2) is 4.99 Å². The maximum atomic E-state index is 5.92. The zero-order valence-corrected chi connectivity index (χ0v) is 17.7. The van der Waals surface area contributed by atoms with Crippen molar-refractivity contribution in [2.75, 3.05) is 26.8 Å². The number of halogens is 1. The smallest absolute Gasteiger partial charge is 0.188 e. The predicted molar refractivity (Wildman–Crippen MR) is 113 cm³/mol. The Kier molecular flexibility index (Phi) is 13.0. The second-order valence-corrected chi connectivity index (χ2v) is 5.96. The molecule has 0 saturated heterocycles. The van der Waals surface area contributed by atoms with E-state index >= 15 is 0 Å². The summed E-state index contributed by atoms with van der Waals surface area (Å²) in [5.41, 5.74) is 8.45. The third kappa shape index (κ3) is 9.44. The van der Waals surface area contributed by atoms with Gasteiger partial charge in [-0.15, -0.1) is 24.0 Å². The Morgan fingerprint density at radius 1 is 1.29 bits per heavy atom. The van der Waals surface area contributed by atoms with Gasteiger partial charge in [-0.1, -0.05) is 24.3 Å². The molecule has 0 heterocycles. The van der Waals surface area contributed by atoms with E-state index in [-0.39, 0.29) is 24.0 Å². The van der Waals surface area contributed by atoms with E-state index in [0.29, 0.717) is 18.5 Å². The van der Waals surface area contributed by atoms with Crippen molar-refractivity contribution in [3.05, 3.63) is 35.4 Å². The number of ether oxygens (including phenoxy) is 1. The molecule has 0 spiro atoms. The number of nitrogens with two attached hydrogens (primary N) is 1. The highest BCUT2D eigenvalue weighted by Gasteiger charge is 2.07. The number of nitrogens with zero attached hydrogens (tertiary/aromatic N) is 2. The average molecular weight is 448 g/mol. The van der Waals surface area contributed by atoms with Crippen molar-refractivity contribution in [3.63, 3.8) is 0 Å². The fourth-order valence-electron chi connectivity index (χ4n) is 2.08. The van der Waals surface area contributed by atoms with E-state index in [1.807, 2.05) is 6.92 Å². The second-order valence-electron chi connectivity index (χ2n) is 5.96. The Morgan fingerprint density at radius 2 is 1.96 bits per heavy atom. The van der Waals surface area contributed by atoms with Crippen LogP contribution in [0.3, 0.4) is 0 Å². The molecule has 0 aromatic heterocycles. The van der Waals surface area contributed by atoms with Crippen molar-refractivity contribution in [1.82, 2.24) is 10.2 Å². The van der Waals surface area contributed by atoms with Gasteiger partial charge in [0.25, 0.3) is 0 Å². The third-order valence-corrected chi connectivity index (χ3v) is 3.82. The summed E-state index contributed by atoms with van der Waals surface area (Å²) in [6, 6.07) is 8.93. The molecule has 0 saturated carbocycles. The molecule has 0 atom stereocenters. The molecular weight excluding hydrogens is 415 g/mol.